The van der Waals surface area contributed by atoms with Crippen LogP contribution >= 0.6 is 0 Å². The van der Waals surface area contributed by atoms with E-state index in [1.807, 2.05) is 170 Å². The van der Waals surface area contributed by atoms with Gasteiger partial charge in [0.2, 0.25) is 0 Å². The van der Waals surface area contributed by atoms with Gasteiger partial charge >= 0.3 is 29.8 Å². The van der Waals surface area contributed by atoms with Crippen LogP contribution in [0.5, 0.6) is 0 Å². The summed E-state index contributed by atoms with van der Waals surface area (Å²) in [6.45, 7) is 8.35. The summed E-state index contributed by atoms with van der Waals surface area (Å²) in [5.41, 5.74) is 19.7. The van der Waals surface area contributed by atoms with E-state index in [0.717, 1.165) is 96.1 Å². The highest BCUT2D eigenvalue weighted by Gasteiger charge is 2.15. The average molecular weight is 1520 g/mol. The van der Waals surface area contributed by atoms with Crippen LogP contribution in [-0.2, 0) is 6.42 Å². The minimum atomic E-state index is -0.956. The Kier molecular flexibility index (Phi) is 24.2. The molecule has 15 nitrogen and oxygen atoms in total. The number of aromatic carboxylic acids is 5. The standard InChI is InChI=1S/2C21H15NO2.C20H19NO2.C19H17NO2.C18H14FNO2/c23-21(24)17-8-3-7-16(13-17)18-11-12-22(14-18)20-10-4-6-15-5-1-2-9-19(15)20;23-21(24)17-10-8-15(9-11-17)18-12-13-22(14-18)20-7-3-5-16-4-1-2-6-19(16)20;1-14(2)17-4-3-5-19(12-17)21-11-10-18(13-21)15-6-8-16(9-7-15)20(22)23;1-2-14-5-3-8-18(11-14)20-10-9-17(13-20)15-6-4-7-16(12-15)19(21)22;1-12-7-16(19)10-17(8-12)20-6-5-15(11-20)13-3-2-4-14(9-13)18(21)22/h2*1-14H,(H,23,24);3-14H,1-2H3,(H,22,23);3-13H,2H2,1H3,(H,21,22);2-11H,1H3,(H,21,22). The molecule has 5 aromatic heterocycles. The molecular weight excluding hydrogens is 1440 g/mol. The van der Waals surface area contributed by atoms with Gasteiger partial charge in [-0.05, 0) is 248 Å². The van der Waals surface area contributed by atoms with Crippen molar-refractivity contribution in [2.75, 3.05) is 0 Å². The molecular formula is C99H80FN5O10. The Morgan fingerprint density at radius 2 is 0.652 bits per heavy atom. The lowest BCUT2D eigenvalue weighted by Gasteiger charge is -2.09. The fourth-order valence-electron chi connectivity index (χ4n) is 13.4. The van der Waals surface area contributed by atoms with Crippen molar-refractivity contribution in [3.63, 3.8) is 0 Å². The second-order valence-electron chi connectivity index (χ2n) is 27.7. The molecule has 17 aromatic rings. The van der Waals surface area contributed by atoms with E-state index in [4.69, 9.17) is 25.5 Å². The molecule has 0 saturated heterocycles. The number of aryl methyl sites for hydroxylation is 2. The Labute approximate surface area is 664 Å². The van der Waals surface area contributed by atoms with Gasteiger partial charge in [0.25, 0.3) is 0 Å². The molecule has 0 bridgehead atoms. The maximum atomic E-state index is 13.5. The van der Waals surface area contributed by atoms with Gasteiger partial charge in [0.1, 0.15) is 5.82 Å². The third-order valence-corrected chi connectivity index (χ3v) is 19.6. The molecule has 0 aliphatic rings. The lowest BCUT2D eigenvalue weighted by Crippen LogP contribution is -1.95. The minimum absolute atomic E-state index is 0.242. The zero-order chi connectivity index (χ0) is 80.7. The number of carboxylic acid groups (broad SMARTS) is 5. The molecule has 5 heterocycles. The number of benzene rings is 12. The lowest BCUT2D eigenvalue weighted by atomic mass is 10.0. The number of halogens is 1. The van der Waals surface area contributed by atoms with E-state index in [0.29, 0.717) is 28.2 Å². The molecule has 0 amide bonds. The van der Waals surface area contributed by atoms with Gasteiger partial charge in [0.05, 0.1) is 39.2 Å². The molecule has 17 rings (SSSR count). The van der Waals surface area contributed by atoms with Crippen LogP contribution in [0.2, 0.25) is 0 Å². The van der Waals surface area contributed by atoms with Crippen LogP contribution in [0.4, 0.5) is 4.39 Å². The molecule has 16 heteroatoms. The molecule has 568 valence electrons. The summed E-state index contributed by atoms with van der Waals surface area (Å²) >= 11 is 0. The molecule has 0 aliphatic heterocycles. The number of nitrogens with zero attached hydrogens (tertiary/aromatic N) is 5. The first-order valence-electron chi connectivity index (χ1n) is 37.2. The fraction of sp³-hybridized carbons (Fsp3) is 0.0606. The van der Waals surface area contributed by atoms with Crippen molar-refractivity contribution >= 4 is 51.4 Å². The molecule has 5 N–H and O–H groups in total. The molecule has 0 aliphatic carbocycles. The molecule has 0 radical (unpaired) electrons. The smallest absolute Gasteiger partial charge is 0.335 e. The Balaban J connectivity index is 0.000000125. The van der Waals surface area contributed by atoms with Crippen LogP contribution in [0.15, 0.2) is 365 Å². The SMILES string of the molecule is CC(C)c1cccc(-n2ccc(-c3ccc(C(=O)O)cc3)c2)c1.CCc1cccc(-n2ccc(-c3cccc(C(=O)O)c3)c2)c1.Cc1cc(F)cc(-n2ccc(-c3cccc(C(=O)O)c3)c2)c1.O=C(O)c1ccc(-c2ccn(-c3cccc4ccccc34)c2)cc1.O=C(O)c1cccc(-c2ccn(-c3cccc4ccccc34)c2)c1. The number of hydrogen-bond donors (Lipinski definition) is 5. The summed E-state index contributed by atoms with van der Waals surface area (Å²) in [6.07, 6.45) is 20.9. The number of aromatic nitrogens is 5. The van der Waals surface area contributed by atoms with Gasteiger partial charge in [-0.3, -0.25) is 0 Å². The Hall–Kier alpha value is -15.2. The zero-order valence-corrected chi connectivity index (χ0v) is 63.3. The summed E-state index contributed by atoms with van der Waals surface area (Å²) in [5.74, 6) is -4.37. The highest BCUT2D eigenvalue weighted by molar-refractivity contribution is 5.94. The zero-order valence-electron chi connectivity index (χ0n) is 63.3. The summed E-state index contributed by atoms with van der Waals surface area (Å²) in [4.78, 5) is 55.1. The molecule has 0 unspecified atom stereocenters. The Morgan fingerprint density at radius 1 is 0.304 bits per heavy atom. The number of hydrogen-bond acceptors (Lipinski definition) is 5. The Bertz CT molecular complexity index is 6320. The fourth-order valence-corrected chi connectivity index (χ4v) is 13.4. The predicted octanol–water partition coefficient (Wildman–Crippen LogP) is 23.7. The molecule has 0 saturated carbocycles. The minimum Gasteiger partial charge on any atom is -0.478 e. The van der Waals surface area contributed by atoms with Crippen LogP contribution in [-0.4, -0.2) is 78.2 Å². The molecule has 0 spiro atoms. The van der Waals surface area contributed by atoms with Crippen LogP contribution < -0.4 is 0 Å². The monoisotopic (exact) mass is 1520 g/mol. The van der Waals surface area contributed by atoms with E-state index < -0.39 is 29.8 Å². The van der Waals surface area contributed by atoms with Crippen LogP contribution in [0, 0.1) is 12.7 Å². The first kappa shape index (κ1) is 78.0. The highest BCUT2D eigenvalue weighted by atomic mass is 19.1. The number of carboxylic acids is 5. The average Bonchev–Trinajstić information content (AvgIpc) is 1.36. The summed E-state index contributed by atoms with van der Waals surface area (Å²) in [7, 11) is 0. The first-order valence-corrected chi connectivity index (χ1v) is 37.2. The summed E-state index contributed by atoms with van der Waals surface area (Å²) in [6, 6.07) is 95.4. The summed E-state index contributed by atoms with van der Waals surface area (Å²) in [5, 5.41) is 50.0. The van der Waals surface area contributed by atoms with Crippen molar-refractivity contribution < 1.29 is 53.9 Å². The van der Waals surface area contributed by atoms with Crippen LogP contribution in [0.25, 0.3) is 106 Å². The second-order valence-corrected chi connectivity index (χ2v) is 27.7. The Morgan fingerprint density at radius 3 is 1.05 bits per heavy atom. The summed E-state index contributed by atoms with van der Waals surface area (Å²) < 4.78 is 23.6. The lowest BCUT2D eigenvalue weighted by molar-refractivity contribution is 0.0686. The van der Waals surface area contributed by atoms with Gasteiger partial charge < -0.3 is 48.4 Å². The molecule has 0 fully saturated rings. The van der Waals surface area contributed by atoms with Gasteiger partial charge in [-0.15, -0.1) is 0 Å². The first-order chi connectivity index (χ1) is 55.7. The number of carbonyl (C=O) groups is 5. The third kappa shape index (κ3) is 19.2. The van der Waals surface area contributed by atoms with E-state index in [-0.39, 0.29) is 11.4 Å². The van der Waals surface area contributed by atoms with Crippen molar-refractivity contribution in [3.8, 4) is 84.1 Å². The second kappa shape index (κ2) is 35.7. The maximum Gasteiger partial charge on any atom is 0.335 e. The normalized spacial score (nSPS) is 10.8. The van der Waals surface area contributed by atoms with Crippen molar-refractivity contribution in [1.82, 2.24) is 22.8 Å². The van der Waals surface area contributed by atoms with Gasteiger partial charge in [-0.1, -0.05) is 178 Å². The largest absolute Gasteiger partial charge is 0.478 e. The highest BCUT2D eigenvalue weighted by Crippen LogP contribution is 2.32. The number of rotatable bonds is 17. The number of fused-ring (bicyclic) bond motifs is 2. The topological polar surface area (TPSA) is 211 Å². The van der Waals surface area contributed by atoms with E-state index in [1.165, 1.54) is 44.8 Å². The van der Waals surface area contributed by atoms with Crippen molar-refractivity contribution in [3.05, 3.63) is 416 Å². The van der Waals surface area contributed by atoms with Crippen molar-refractivity contribution in [1.29, 1.82) is 0 Å². The van der Waals surface area contributed by atoms with Gasteiger partial charge in [-0.25, -0.2) is 28.4 Å². The van der Waals surface area contributed by atoms with Crippen LogP contribution in [0.1, 0.15) is 95.2 Å². The van der Waals surface area contributed by atoms with E-state index in [9.17, 15) is 28.4 Å². The van der Waals surface area contributed by atoms with E-state index in [2.05, 4.69) is 155 Å². The maximum absolute atomic E-state index is 13.5. The van der Waals surface area contributed by atoms with Crippen LogP contribution in [0.3, 0.4) is 0 Å². The van der Waals surface area contributed by atoms with Gasteiger partial charge in [-0.2, -0.15) is 0 Å². The van der Waals surface area contributed by atoms with E-state index >= 15 is 0 Å². The van der Waals surface area contributed by atoms with E-state index in [1.54, 1.807) is 78.9 Å². The van der Waals surface area contributed by atoms with Crippen molar-refractivity contribution in [2.24, 2.45) is 0 Å². The molecule has 115 heavy (non-hydrogen) atoms. The predicted molar refractivity (Wildman–Crippen MR) is 454 cm³/mol. The molecule has 12 aromatic carbocycles. The van der Waals surface area contributed by atoms with Gasteiger partial charge in [0.15, 0.2) is 0 Å². The quantitative estimate of drug-likeness (QED) is 0.0582. The van der Waals surface area contributed by atoms with Crippen molar-refractivity contribution in [2.45, 2.75) is 40.0 Å². The molecule has 0 atom stereocenters. The van der Waals surface area contributed by atoms with Gasteiger partial charge in [0, 0.05) is 89.8 Å². The third-order valence-electron chi connectivity index (χ3n) is 19.6.